The van der Waals surface area contributed by atoms with Crippen LogP contribution in [0.25, 0.3) is 11.3 Å². The van der Waals surface area contributed by atoms with Crippen molar-refractivity contribution >= 4 is 11.6 Å². The number of H-pyrrole nitrogens is 1. The third-order valence-corrected chi connectivity index (χ3v) is 4.41. The number of aromatic nitrogens is 4. The number of nitriles is 1. The molecule has 0 saturated carbocycles. The molecule has 3 rings (SSSR count). The first kappa shape index (κ1) is 21.1. The molecule has 0 atom stereocenters. The van der Waals surface area contributed by atoms with Gasteiger partial charge in [0.05, 0.1) is 37.4 Å². The molecule has 1 aromatic carbocycles. The monoisotopic (exact) mass is 407 g/mol. The zero-order valence-corrected chi connectivity index (χ0v) is 17.3. The molecular formula is C21H25N7O2. The average Bonchev–Trinajstić information content (AvgIpc) is 3.23. The van der Waals surface area contributed by atoms with Gasteiger partial charge in [-0.15, -0.1) is 0 Å². The zero-order chi connectivity index (χ0) is 21.5. The highest BCUT2D eigenvalue weighted by Crippen LogP contribution is 2.39. The predicted octanol–water partition coefficient (Wildman–Crippen LogP) is 3.02. The fourth-order valence-corrected chi connectivity index (χ4v) is 3.04. The van der Waals surface area contributed by atoms with Gasteiger partial charge in [-0.1, -0.05) is 6.07 Å². The quantitative estimate of drug-likeness (QED) is 0.518. The molecule has 0 amide bonds. The molecule has 9 nitrogen and oxygen atoms in total. The van der Waals surface area contributed by atoms with Crippen molar-refractivity contribution in [3.05, 3.63) is 42.4 Å². The number of anilines is 2. The number of nitrogens with zero attached hydrogens (tertiary/aromatic N) is 5. The van der Waals surface area contributed by atoms with Crippen LogP contribution in [0, 0.1) is 11.3 Å². The summed E-state index contributed by atoms with van der Waals surface area (Å²) in [5.74, 6) is 2.62. The van der Waals surface area contributed by atoms with E-state index in [4.69, 9.17) is 20.5 Å². The van der Waals surface area contributed by atoms with Gasteiger partial charge < -0.3 is 20.1 Å². The maximum Gasteiger partial charge on any atom is 0.158 e. The minimum atomic E-state index is 0.0568. The maximum absolute atomic E-state index is 8.96. The first-order valence-electron chi connectivity index (χ1n) is 9.66. The molecular weight excluding hydrogens is 382 g/mol. The molecule has 0 spiro atoms. The summed E-state index contributed by atoms with van der Waals surface area (Å²) in [6.07, 6.45) is 3.77. The van der Waals surface area contributed by atoms with Crippen molar-refractivity contribution < 1.29 is 9.47 Å². The van der Waals surface area contributed by atoms with Crippen molar-refractivity contribution in [2.45, 2.75) is 26.3 Å². The number of methoxy groups -OCH3 is 1. The van der Waals surface area contributed by atoms with Crippen LogP contribution >= 0.6 is 0 Å². The van der Waals surface area contributed by atoms with Crippen molar-refractivity contribution in [1.29, 1.82) is 5.26 Å². The number of benzene rings is 1. The number of ether oxygens (including phenoxy) is 2. The molecule has 0 aliphatic rings. The fourth-order valence-electron chi connectivity index (χ4n) is 3.04. The standard InChI is InChI=1S/C21H25N7O2/c1-14(2)28(20-13-24-15(11-23)12-25-20)19-10-16(26-27-19)21-17(29-3)6-4-7-18(21)30-9-5-8-22/h4,6-7,10,12-14H,5,8-9,22H2,1-3H3,(H,26,27). The lowest BCUT2D eigenvalue weighted by Gasteiger charge is -2.24. The first-order chi connectivity index (χ1) is 14.6. The van der Waals surface area contributed by atoms with Crippen LogP contribution < -0.4 is 20.1 Å². The highest BCUT2D eigenvalue weighted by molar-refractivity contribution is 5.76. The fraction of sp³-hybridized carbons (Fsp3) is 0.333. The lowest BCUT2D eigenvalue weighted by molar-refractivity contribution is 0.312. The second-order valence-electron chi connectivity index (χ2n) is 6.80. The Kier molecular flexibility index (Phi) is 6.83. The summed E-state index contributed by atoms with van der Waals surface area (Å²) in [5.41, 5.74) is 7.37. The molecule has 0 bridgehead atoms. The lowest BCUT2D eigenvalue weighted by atomic mass is 10.1. The average molecular weight is 407 g/mol. The topological polar surface area (TPSA) is 126 Å². The van der Waals surface area contributed by atoms with Crippen LogP contribution in [0.15, 0.2) is 36.7 Å². The number of hydrogen-bond acceptors (Lipinski definition) is 8. The molecule has 9 heteroatoms. The van der Waals surface area contributed by atoms with Crippen molar-refractivity contribution in [2.24, 2.45) is 5.73 Å². The van der Waals surface area contributed by atoms with E-state index in [9.17, 15) is 0 Å². The number of rotatable bonds is 9. The van der Waals surface area contributed by atoms with E-state index in [1.807, 2.05) is 49.1 Å². The summed E-state index contributed by atoms with van der Waals surface area (Å²) in [6.45, 7) is 5.12. The number of aromatic amines is 1. The van der Waals surface area contributed by atoms with Gasteiger partial charge in [0.15, 0.2) is 17.3 Å². The minimum Gasteiger partial charge on any atom is -0.496 e. The molecule has 0 fully saturated rings. The van der Waals surface area contributed by atoms with Gasteiger partial charge in [0.1, 0.15) is 17.6 Å². The van der Waals surface area contributed by atoms with Gasteiger partial charge >= 0.3 is 0 Å². The second kappa shape index (κ2) is 9.71. The van der Waals surface area contributed by atoms with Crippen molar-refractivity contribution in [3.8, 4) is 28.8 Å². The van der Waals surface area contributed by atoms with Gasteiger partial charge in [0, 0.05) is 12.1 Å². The van der Waals surface area contributed by atoms with E-state index in [0.717, 1.165) is 17.7 Å². The molecule has 3 aromatic rings. The molecule has 0 aliphatic carbocycles. The Hall–Kier alpha value is -3.64. The van der Waals surface area contributed by atoms with Crippen molar-refractivity contribution in [1.82, 2.24) is 20.2 Å². The second-order valence-corrected chi connectivity index (χ2v) is 6.80. The van der Waals surface area contributed by atoms with E-state index in [0.29, 0.717) is 36.3 Å². The molecule has 0 aliphatic heterocycles. The van der Waals surface area contributed by atoms with Crippen LogP contribution in [0.1, 0.15) is 26.0 Å². The number of nitrogens with two attached hydrogens (primary N) is 1. The number of hydrogen-bond donors (Lipinski definition) is 2. The molecule has 30 heavy (non-hydrogen) atoms. The van der Waals surface area contributed by atoms with E-state index in [1.54, 1.807) is 13.3 Å². The van der Waals surface area contributed by atoms with Gasteiger partial charge in [-0.2, -0.15) is 10.4 Å². The smallest absolute Gasteiger partial charge is 0.158 e. The van der Waals surface area contributed by atoms with E-state index >= 15 is 0 Å². The van der Waals surface area contributed by atoms with Crippen molar-refractivity contribution in [3.63, 3.8) is 0 Å². The van der Waals surface area contributed by atoms with E-state index in [2.05, 4.69) is 20.2 Å². The van der Waals surface area contributed by atoms with E-state index in [-0.39, 0.29) is 11.7 Å². The highest BCUT2D eigenvalue weighted by Gasteiger charge is 2.21. The van der Waals surface area contributed by atoms with E-state index < -0.39 is 0 Å². The Bertz CT molecular complexity index is 1010. The Labute approximate surface area is 175 Å². The Morgan fingerprint density at radius 3 is 2.63 bits per heavy atom. The summed E-state index contributed by atoms with van der Waals surface area (Å²) in [5, 5.41) is 16.5. The van der Waals surface area contributed by atoms with Crippen molar-refractivity contribution in [2.75, 3.05) is 25.2 Å². The molecule has 0 radical (unpaired) electrons. The Morgan fingerprint density at radius 2 is 2.00 bits per heavy atom. The SMILES string of the molecule is COc1cccc(OCCCN)c1-c1cc(N(c2cnc(C#N)cn2)C(C)C)n[nH]1. The molecule has 0 unspecified atom stereocenters. The van der Waals surface area contributed by atoms with Gasteiger partial charge in [-0.25, -0.2) is 9.97 Å². The largest absolute Gasteiger partial charge is 0.496 e. The molecule has 2 heterocycles. The summed E-state index contributed by atoms with van der Waals surface area (Å²) < 4.78 is 11.5. The Balaban J connectivity index is 1.99. The summed E-state index contributed by atoms with van der Waals surface area (Å²) in [4.78, 5) is 10.4. The minimum absolute atomic E-state index is 0.0568. The summed E-state index contributed by atoms with van der Waals surface area (Å²) >= 11 is 0. The first-order valence-corrected chi connectivity index (χ1v) is 9.66. The highest BCUT2D eigenvalue weighted by atomic mass is 16.5. The van der Waals surface area contributed by atoms with E-state index in [1.165, 1.54) is 6.20 Å². The predicted molar refractivity (Wildman–Crippen MR) is 114 cm³/mol. The normalized spacial score (nSPS) is 10.7. The van der Waals surface area contributed by atoms with Gasteiger partial charge in [-0.05, 0) is 38.9 Å². The van der Waals surface area contributed by atoms with Gasteiger partial charge in [0.2, 0.25) is 0 Å². The van der Waals surface area contributed by atoms with Gasteiger partial charge in [0.25, 0.3) is 0 Å². The molecule has 0 saturated heterocycles. The molecule has 3 N–H and O–H groups in total. The van der Waals surface area contributed by atoms with Crippen LogP contribution in [0.2, 0.25) is 0 Å². The Morgan fingerprint density at radius 1 is 1.20 bits per heavy atom. The van der Waals surface area contributed by atoms with Crippen LogP contribution in [-0.4, -0.2) is 46.5 Å². The van der Waals surface area contributed by atoms with Gasteiger partial charge in [-0.3, -0.25) is 5.10 Å². The summed E-state index contributed by atoms with van der Waals surface area (Å²) in [6, 6.07) is 9.59. The summed E-state index contributed by atoms with van der Waals surface area (Å²) in [7, 11) is 1.62. The van der Waals surface area contributed by atoms with Crippen LogP contribution in [-0.2, 0) is 0 Å². The zero-order valence-electron chi connectivity index (χ0n) is 17.3. The van der Waals surface area contributed by atoms with Crippen LogP contribution in [0.5, 0.6) is 11.5 Å². The molecule has 2 aromatic heterocycles. The lowest BCUT2D eigenvalue weighted by Crippen LogP contribution is -2.26. The van der Waals surface area contributed by atoms with Crippen LogP contribution in [0.4, 0.5) is 11.6 Å². The third kappa shape index (κ3) is 4.50. The third-order valence-electron chi connectivity index (χ3n) is 4.41. The van der Waals surface area contributed by atoms with Crippen LogP contribution in [0.3, 0.4) is 0 Å². The maximum atomic E-state index is 8.96. The molecule has 156 valence electrons. The number of nitrogens with one attached hydrogen (secondary N) is 1.